The number of nitrogens with one attached hydrogen (secondary N) is 1. The zero-order chi connectivity index (χ0) is 10.7. The minimum atomic E-state index is 0.0593. The molecule has 2 heterocycles. The molecule has 2 aliphatic heterocycles. The normalized spacial score (nSPS) is 32.7. The van der Waals surface area contributed by atoms with Crippen LogP contribution in [0.25, 0.3) is 0 Å². The number of carbonyl (C=O) groups is 1. The van der Waals surface area contributed by atoms with Crippen LogP contribution in [0.2, 0.25) is 0 Å². The lowest BCUT2D eigenvalue weighted by molar-refractivity contribution is -0.140. The number of amides is 1. The summed E-state index contributed by atoms with van der Waals surface area (Å²) in [5, 5.41) is 3.30. The quantitative estimate of drug-likeness (QED) is 0.683. The van der Waals surface area contributed by atoms with Gasteiger partial charge in [0.1, 0.15) is 0 Å². The molecule has 0 bridgehead atoms. The van der Waals surface area contributed by atoms with Crippen LogP contribution in [-0.4, -0.2) is 49.2 Å². The second kappa shape index (κ2) is 4.94. The molecule has 15 heavy (non-hydrogen) atoms. The molecule has 2 aliphatic rings. The van der Waals surface area contributed by atoms with Crippen molar-refractivity contribution in [1.29, 1.82) is 0 Å². The number of hydrogen-bond donors (Lipinski definition) is 1. The molecule has 0 aromatic carbocycles. The molecule has 0 spiro atoms. The van der Waals surface area contributed by atoms with E-state index in [1.807, 2.05) is 11.8 Å². The molecule has 2 atom stereocenters. The first kappa shape index (κ1) is 10.9. The molecule has 1 unspecified atom stereocenters. The lowest BCUT2D eigenvalue weighted by Gasteiger charge is -2.35. The third kappa shape index (κ3) is 2.69. The standard InChI is InChI=1S/C11H20N2O2/c1-9-8-13(6-7-15-9)11(14)10-4-2-3-5-12-10/h9-10,12H,2-8H2,1H3/t9?,10-/m1/s1. The van der Waals surface area contributed by atoms with Crippen molar-refractivity contribution in [3.63, 3.8) is 0 Å². The monoisotopic (exact) mass is 212 g/mol. The summed E-state index contributed by atoms with van der Waals surface area (Å²) >= 11 is 0. The minimum Gasteiger partial charge on any atom is -0.375 e. The predicted octanol–water partition coefficient (Wildman–Crippen LogP) is 0.376. The van der Waals surface area contributed by atoms with Crippen molar-refractivity contribution in [1.82, 2.24) is 10.2 Å². The highest BCUT2D eigenvalue weighted by Gasteiger charge is 2.28. The molecule has 0 saturated carbocycles. The molecule has 0 aromatic rings. The van der Waals surface area contributed by atoms with E-state index in [0.29, 0.717) is 6.61 Å². The highest BCUT2D eigenvalue weighted by atomic mass is 16.5. The van der Waals surface area contributed by atoms with Crippen LogP contribution in [0.3, 0.4) is 0 Å². The summed E-state index contributed by atoms with van der Waals surface area (Å²) in [5.74, 6) is 0.268. The zero-order valence-corrected chi connectivity index (χ0v) is 9.37. The van der Waals surface area contributed by atoms with Crippen LogP contribution in [0.5, 0.6) is 0 Å². The van der Waals surface area contributed by atoms with Gasteiger partial charge in [-0.2, -0.15) is 0 Å². The van der Waals surface area contributed by atoms with Gasteiger partial charge in [-0.05, 0) is 26.3 Å². The summed E-state index contributed by atoms with van der Waals surface area (Å²) < 4.78 is 5.43. The number of nitrogens with zero attached hydrogens (tertiary/aromatic N) is 1. The van der Waals surface area contributed by atoms with E-state index >= 15 is 0 Å². The van der Waals surface area contributed by atoms with Crippen LogP contribution in [0.4, 0.5) is 0 Å². The van der Waals surface area contributed by atoms with Crippen LogP contribution < -0.4 is 5.32 Å². The topological polar surface area (TPSA) is 41.6 Å². The molecular weight excluding hydrogens is 192 g/mol. The molecule has 2 rings (SSSR count). The van der Waals surface area contributed by atoms with Crippen molar-refractivity contribution in [3.05, 3.63) is 0 Å². The van der Waals surface area contributed by atoms with E-state index in [4.69, 9.17) is 4.74 Å². The van der Waals surface area contributed by atoms with E-state index in [-0.39, 0.29) is 18.1 Å². The zero-order valence-electron chi connectivity index (χ0n) is 9.37. The van der Waals surface area contributed by atoms with Gasteiger partial charge in [-0.3, -0.25) is 4.79 Å². The maximum absolute atomic E-state index is 12.1. The van der Waals surface area contributed by atoms with Crippen molar-refractivity contribution in [3.8, 4) is 0 Å². The number of morpholine rings is 1. The lowest BCUT2D eigenvalue weighted by atomic mass is 10.0. The number of ether oxygens (including phenoxy) is 1. The van der Waals surface area contributed by atoms with Crippen molar-refractivity contribution in [2.75, 3.05) is 26.2 Å². The Balaban J connectivity index is 1.88. The highest BCUT2D eigenvalue weighted by molar-refractivity contribution is 5.82. The van der Waals surface area contributed by atoms with Gasteiger partial charge in [-0.15, -0.1) is 0 Å². The first-order valence-corrected chi connectivity index (χ1v) is 5.91. The van der Waals surface area contributed by atoms with E-state index in [2.05, 4.69) is 5.32 Å². The fourth-order valence-corrected chi connectivity index (χ4v) is 2.30. The maximum atomic E-state index is 12.1. The van der Waals surface area contributed by atoms with Gasteiger partial charge in [-0.25, -0.2) is 0 Å². The average Bonchev–Trinajstić information content (AvgIpc) is 2.29. The molecule has 0 aliphatic carbocycles. The van der Waals surface area contributed by atoms with Gasteiger partial charge < -0.3 is 15.0 Å². The average molecular weight is 212 g/mol. The van der Waals surface area contributed by atoms with E-state index in [1.165, 1.54) is 12.8 Å². The molecular formula is C11H20N2O2. The Morgan fingerprint density at radius 2 is 2.33 bits per heavy atom. The molecule has 2 saturated heterocycles. The third-order valence-corrected chi connectivity index (χ3v) is 3.16. The first-order valence-electron chi connectivity index (χ1n) is 5.91. The SMILES string of the molecule is CC1CN(C(=O)[C@H]2CCCCN2)CCO1. The van der Waals surface area contributed by atoms with E-state index < -0.39 is 0 Å². The number of hydrogen-bond acceptors (Lipinski definition) is 3. The van der Waals surface area contributed by atoms with Gasteiger partial charge in [0.25, 0.3) is 0 Å². The van der Waals surface area contributed by atoms with E-state index in [0.717, 1.165) is 26.1 Å². The van der Waals surface area contributed by atoms with Crippen LogP contribution in [0.15, 0.2) is 0 Å². The Morgan fingerprint density at radius 3 is 3.00 bits per heavy atom. The van der Waals surface area contributed by atoms with Gasteiger partial charge in [-0.1, -0.05) is 6.42 Å². The molecule has 0 aromatic heterocycles. The fourth-order valence-electron chi connectivity index (χ4n) is 2.30. The molecule has 1 N–H and O–H groups in total. The van der Waals surface area contributed by atoms with E-state index in [9.17, 15) is 4.79 Å². The summed E-state index contributed by atoms with van der Waals surface area (Å²) in [4.78, 5) is 14.0. The van der Waals surface area contributed by atoms with Crippen LogP contribution in [0.1, 0.15) is 26.2 Å². The van der Waals surface area contributed by atoms with Gasteiger partial charge >= 0.3 is 0 Å². The largest absolute Gasteiger partial charge is 0.375 e. The highest BCUT2D eigenvalue weighted by Crippen LogP contribution is 2.12. The Kier molecular flexibility index (Phi) is 3.59. The van der Waals surface area contributed by atoms with E-state index in [1.54, 1.807) is 0 Å². The first-order chi connectivity index (χ1) is 7.27. The maximum Gasteiger partial charge on any atom is 0.239 e. The Hall–Kier alpha value is -0.610. The number of rotatable bonds is 1. The van der Waals surface area contributed by atoms with Gasteiger partial charge in [0.15, 0.2) is 0 Å². The summed E-state index contributed by atoms with van der Waals surface area (Å²) in [7, 11) is 0. The summed E-state index contributed by atoms with van der Waals surface area (Å²) in [6.07, 6.45) is 3.54. The van der Waals surface area contributed by atoms with Gasteiger partial charge in [0, 0.05) is 13.1 Å². The predicted molar refractivity (Wildman–Crippen MR) is 57.6 cm³/mol. The smallest absolute Gasteiger partial charge is 0.239 e. The van der Waals surface area contributed by atoms with Crippen LogP contribution >= 0.6 is 0 Å². The summed E-state index contributed by atoms with van der Waals surface area (Å²) in [5.41, 5.74) is 0. The van der Waals surface area contributed by atoms with Gasteiger partial charge in [0.05, 0.1) is 18.8 Å². The number of carbonyl (C=O) groups excluding carboxylic acids is 1. The van der Waals surface area contributed by atoms with Crippen molar-refractivity contribution in [2.45, 2.75) is 38.3 Å². The molecule has 86 valence electrons. The minimum absolute atomic E-state index is 0.0593. The summed E-state index contributed by atoms with van der Waals surface area (Å²) in [6, 6.07) is 0.0593. The second-order valence-corrected chi connectivity index (χ2v) is 4.47. The number of piperidine rings is 1. The second-order valence-electron chi connectivity index (χ2n) is 4.47. The van der Waals surface area contributed by atoms with Crippen LogP contribution in [-0.2, 0) is 9.53 Å². The molecule has 4 nitrogen and oxygen atoms in total. The summed E-state index contributed by atoms with van der Waals surface area (Å²) in [6.45, 7) is 5.18. The lowest BCUT2D eigenvalue weighted by Crippen LogP contribution is -2.53. The van der Waals surface area contributed by atoms with Crippen molar-refractivity contribution < 1.29 is 9.53 Å². The fraction of sp³-hybridized carbons (Fsp3) is 0.909. The Labute approximate surface area is 91.0 Å². The van der Waals surface area contributed by atoms with Crippen molar-refractivity contribution >= 4 is 5.91 Å². The molecule has 0 radical (unpaired) electrons. The molecule has 2 fully saturated rings. The Morgan fingerprint density at radius 1 is 1.47 bits per heavy atom. The molecule has 1 amide bonds. The van der Waals surface area contributed by atoms with Crippen LogP contribution in [0, 0.1) is 0 Å². The Bertz CT molecular complexity index is 227. The molecule has 4 heteroatoms. The van der Waals surface area contributed by atoms with Crippen molar-refractivity contribution in [2.24, 2.45) is 0 Å². The van der Waals surface area contributed by atoms with Gasteiger partial charge in [0.2, 0.25) is 5.91 Å². The third-order valence-electron chi connectivity index (χ3n) is 3.16.